The highest BCUT2D eigenvalue weighted by Gasteiger charge is 2.24. The highest BCUT2D eigenvalue weighted by Crippen LogP contribution is 2.25. The fraction of sp³-hybridized carbons (Fsp3) is 0.154. The number of halogens is 1. The van der Waals surface area contributed by atoms with Gasteiger partial charge in [-0.3, -0.25) is 0 Å². The van der Waals surface area contributed by atoms with Gasteiger partial charge in [-0.15, -0.1) is 11.3 Å². The summed E-state index contributed by atoms with van der Waals surface area (Å²) in [5, 5.41) is 9.39. The normalized spacial score (nSPS) is 11.8. The summed E-state index contributed by atoms with van der Waals surface area (Å²) >= 11 is 6.60. The van der Waals surface area contributed by atoms with Crippen LogP contribution >= 0.6 is 22.9 Å². The average molecular weight is 346 g/mol. The first-order valence-corrected chi connectivity index (χ1v) is 8.48. The lowest BCUT2D eigenvalue weighted by Crippen LogP contribution is -2.25. The number of carboxylic acids is 1. The van der Waals surface area contributed by atoms with Crippen molar-refractivity contribution >= 4 is 38.9 Å². The molecule has 0 bridgehead atoms. The Bertz CT molecular complexity index is 770. The van der Waals surface area contributed by atoms with E-state index in [4.69, 9.17) is 16.7 Å². The summed E-state index contributed by atoms with van der Waals surface area (Å²) in [5.74, 6) is -1.14. The second kappa shape index (κ2) is 6.15. The topological polar surface area (TPSA) is 74.7 Å². The molecule has 2 aromatic rings. The van der Waals surface area contributed by atoms with Crippen molar-refractivity contribution in [2.75, 3.05) is 7.05 Å². The highest BCUT2D eigenvalue weighted by atomic mass is 35.5. The molecule has 0 fully saturated rings. The lowest BCUT2D eigenvalue weighted by atomic mass is 10.2. The Morgan fingerprint density at radius 3 is 2.62 bits per heavy atom. The van der Waals surface area contributed by atoms with E-state index in [1.165, 1.54) is 19.2 Å². The van der Waals surface area contributed by atoms with Gasteiger partial charge in [-0.05, 0) is 29.8 Å². The van der Waals surface area contributed by atoms with Gasteiger partial charge in [0.15, 0.2) is 0 Å². The number of carbonyl (C=O) groups is 1. The number of hydrogen-bond acceptors (Lipinski definition) is 4. The van der Waals surface area contributed by atoms with Gasteiger partial charge in [0, 0.05) is 18.6 Å². The number of thiophene rings is 1. The van der Waals surface area contributed by atoms with Crippen LogP contribution in [0.15, 0.2) is 40.6 Å². The summed E-state index contributed by atoms with van der Waals surface area (Å²) in [6.45, 7) is 0.156. The smallest absolute Gasteiger partial charge is 0.345 e. The summed E-state index contributed by atoms with van der Waals surface area (Å²) in [6, 6.07) is 9.49. The van der Waals surface area contributed by atoms with E-state index in [9.17, 15) is 13.2 Å². The van der Waals surface area contributed by atoms with Gasteiger partial charge >= 0.3 is 5.97 Å². The molecule has 1 aromatic carbocycles. The Labute approximate surface area is 131 Å². The van der Waals surface area contributed by atoms with E-state index in [2.05, 4.69) is 0 Å². The Morgan fingerprint density at radius 1 is 1.33 bits per heavy atom. The molecule has 0 saturated carbocycles. The van der Waals surface area contributed by atoms with Crippen molar-refractivity contribution in [3.63, 3.8) is 0 Å². The van der Waals surface area contributed by atoms with E-state index >= 15 is 0 Å². The molecule has 1 aromatic heterocycles. The maximum absolute atomic E-state index is 12.4. The van der Waals surface area contributed by atoms with Gasteiger partial charge in [0.2, 0.25) is 0 Å². The van der Waals surface area contributed by atoms with Crippen molar-refractivity contribution < 1.29 is 18.3 Å². The predicted octanol–water partition coefficient (Wildman–Crippen LogP) is 2.92. The number of nitrogens with zero attached hydrogens (tertiary/aromatic N) is 1. The van der Waals surface area contributed by atoms with Crippen molar-refractivity contribution in [3.05, 3.63) is 51.9 Å². The Morgan fingerprint density at radius 2 is 2.05 bits per heavy atom. The summed E-state index contributed by atoms with van der Waals surface area (Å²) in [6.07, 6.45) is 0. The first-order chi connectivity index (χ1) is 9.80. The molecule has 112 valence electrons. The molecular weight excluding hydrogens is 334 g/mol. The Balaban J connectivity index is 2.23. The number of benzene rings is 1. The SMILES string of the molecule is CN(Cc1cccc(Cl)c1)S(=O)(=O)c1ccc(C(=O)O)s1. The van der Waals surface area contributed by atoms with E-state index in [-0.39, 0.29) is 15.6 Å². The first-order valence-electron chi connectivity index (χ1n) is 5.84. The van der Waals surface area contributed by atoms with Gasteiger partial charge in [0.1, 0.15) is 9.09 Å². The molecule has 0 aliphatic carbocycles. The van der Waals surface area contributed by atoms with Crippen LogP contribution in [0.1, 0.15) is 15.2 Å². The van der Waals surface area contributed by atoms with Gasteiger partial charge in [-0.1, -0.05) is 23.7 Å². The van der Waals surface area contributed by atoms with Crippen LogP contribution in [-0.4, -0.2) is 30.8 Å². The van der Waals surface area contributed by atoms with Crippen LogP contribution in [0.5, 0.6) is 0 Å². The maximum atomic E-state index is 12.4. The molecule has 2 rings (SSSR count). The zero-order valence-corrected chi connectivity index (χ0v) is 13.4. The highest BCUT2D eigenvalue weighted by molar-refractivity contribution is 7.91. The number of hydrogen-bond donors (Lipinski definition) is 1. The van der Waals surface area contributed by atoms with Crippen LogP contribution < -0.4 is 0 Å². The fourth-order valence-corrected chi connectivity index (χ4v) is 4.43. The third-order valence-corrected chi connectivity index (χ3v) is 6.33. The molecule has 0 saturated heterocycles. The minimum atomic E-state index is -3.72. The van der Waals surface area contributed by atoms with Gasteiger partial charge in [0.05, 0.1) is 0 Å². The molecule has 0 aliphatic heterocycles. The van der Waals surface area contributed by atoms with Crippen molar-refractivity contribution in [2.24, 2.45) is 0 Å². The molecule has 1 heterocycles. The van der Waals surface area contributed by atoms with Crippen molar-refractivity contribution in [1.82, 2.24) is 4.31 Å². The van der Waals surface area contributed by atoms with Gasteiger partial charge in [-0.2, -0.15) is 4.31 Å². The number of carboxylic acid groups (broad SMARTS) is 1. The number of aromatic carboxylic acids is 1. The monoisotopic (exact) mass is 345 g/mol. The average Bonchev–Trinajstić information content (AvgIpc) is 2.89. The second-order valence-corrected chi connectivity index (χ2v) is 8.11. The predicted molar refractivity (Wildman–Crippen MR) is 81.4 cm³/mol. The molecule has 0 spiro atoms. The van der Waals surface area contributed by atoms with Crippen molar-refractivity contribution in [1.29, 1.82) is 0 Å². The standard InChI is InChI=1S/C13H12ClNO4S2/c1-15(8-9-3-2-4-10(14)7-9)21(18,19)12-6-5-11(20-12)13(16)17/h2-7H,8H2,1H3,(H,16,17). The molecule has 0 radical (unpaired) electrons. The van der Waals surface area contributed by atoms with E-state index in [0.29, 0.717) is 5.02 Å². The van der Waals surface area contributed by atoms with Gasteiger partial charge < -0.3 is 5.11 Å². The van der Waals surface area contributed by atoms with Crippen molar-refractivity contribution in [3.8, 4) is 0 Å². The molecule has 8 heteroatoms. The molecule has 0 aliphatic rings. The molecule has 0 amide bonds. The second-order valence-electron chi connectivity index (χ2n) is 4.31. The zero-order valence-electron chi connectivity index (χ0n) is 11.0. The Kier molecular flexibility index (Phi) is 4.67. The zero-order chi connectivity index (χ0) is 15.6. The van der Waals surface area contributed by atoms with E-state index in [1.54, 1.807) is 24.3 Å². The van der Waals surface area contributed by atoms with Gasteiger partial charge in [0.25, 0.3) is 10.0 Å². The third-order valence-electron chi connectivity index (χ3n) is 2.75. The molecule has 0 unspecified atom stereocenters. The van der Waals surface area contributed by atoms with E-state index in [0.717, 1.165) is 21.2 Å². The van der Waals surface area contributed by atoms with E-state index in [1.807, 2.05) is 0 Å². The van der Waals surface area contributed by atoms with Crippen LogP contribution in [0, 0.1) is 0 Å². The van der Waals surface area contributed by atoms with Crippen molar-refractivity contribution in [2.45, 2.75) is 10.8 Å². The van der Waals surface area contributed by atoms with E-state index < -0.39 is 16.0 Å². The first kappa shape index (κ1) is 16.0. The quantitative estimate of drug-likeness (QED) is 0.904. The summed E-state index contributed by atoms with van der Waals surface area (Å²) in [4.78, 5) is 10.8. The largest absolute Gasteiger partial charge is 0.477 e. The summed E-state index contributed by atoms with van der Waals surface area (Å²) < 4.78 is 25.9. The number of rotatable bonds is 5. The lowest BCUT2D eigenvalue weighted by molar-refractivity contribution is 0.0702. The van der Waals surface area contributed by atoms with Gasteiger partial charge in [-0.25, -0.2) is 13.2 Å². The Hall–Kier alpha value is -1.41. The molecule has 21 heavy (non-hydrogen) atoms. The summed E-state index contributed by atoms with van der Waals surface area (Å²) in [7, 11) is -2.28. The van der Waals surface area contributed by atoms with Crippen LogP contribution in [-0.2, 0) is 16.6 Å². The minimum Gasteiger partial charge on any atom is -0.477 e. The van der Waals surface area contributed by atoms with Crippen LogP contribution in [0.3, 0.4) is 0 Å². The lowest BCUT2D eigenvalue weighted by Gasteiger charge is -2.16. The third kappa shape index (κ3) is 3.62. The van der Waals surface area contributed by atoms with Crippen LogP contribution in [0.25, 0.3) is 0 Å². The minimum absolute atomic E-state index is 0.00410. The summed E-state index contributed by atoms with van der Waals surface area (Å²) in [5.41, 5.74) is 0.753. The molecule has 5 nitrogen and oxygen atoms in total. The van der Waals surface area contributed by atoms with Crippen LogP contribution in [0.4, 0.5) is 0 Å². The molecular formula is C13H12ClNO4S2. The molecule has 1 N–H and O–H groups in total. The molecule has 0 atom stereocenters. The van der Waals surface area contributed by atoms with Crippen LogP contribution in [0.2, 0.25) is 5.02 Å². The number of sulfonamides is 1. The maximum Gasteiger partial charge on any atom is 0.345 e. The fourth-order valence-electron chi connectivity index (χ4n) is 1.70.